The lowest BCUT2D eigenvalue weighted by atomic mass is 10.2. The van der Waals surface area contributed by atoms with Crippen LogP contribution in [0.25, 0.3) is 0 Å². The third kappa shape index (κ3) is 10.9. The monoisotopic (exact) mass is 340 g/mol. The molecule has 0 saturated carbocycles. The Morgan fingerprint density at radius 1 is 1.05 bits per heavy atom. The van der Waals surface area contributed by atoms with E-state index in [2.05, 4.69) is 10.1 Å². The fourth-order valence-electron chi connectivity index (χ4n) is 1.68. The first kappa shape index (κ1) is 20.6. The van der Waals surface area contributed by atoms with Crippen LogP contribution in [0.4, 0.5) is 0 Å². The predicted molar refractivity (Wildman–Crippen MR) is 82.8 cm³/mol. The number of hydrogen-bond acceptors (Lipinski definition) is 6. The maximum absolute atomic E-state index is 12.1. The fraction of sp³-hybridized carbons (Fsp3) is 0.846. The molecule has 0 unspecified atom stereocenters. The van der Waals surface area contributed by atoms with Crippen LogP contribution in [0.15, 0.2) is 0 Å². The van der Waals surface area contributed by atoms with Crippen molar-refractivity contribution in [3.05, 3.63) is 0 Å². The number of unbranched alkanes of at least 4 members (excludes halogenated alkanes) is 3. The molecule has 0 aliphatic carbocycles. The van der Waals surface area contributed by atoms with Gasteiger partial charge in [-0.15, -0.1) is 6.42 Å². The summed E-state index contributed by atoms with van der Waals surface area (Å²) in [6.45, 7) is 4.01. The van der Waals surface area contributed by atoms with E-state index in [0.717, 1.165) is 6.42 Å². The van der Waals surface area contributed by atoms with E-state index in [1.54, 1.807) is 13.8 Å². The smallest absolute Gasteiger partial charge is 0.309 e. The minimum atomic E-state index is -3.52. The van der Waals surface area contributed by atoms with E-state index in [1.807, 2.05) is 0 Å². The standard InChI is InChI=1S/C13H25O6PS/c1-4-11-19-21(15,16)13-10-8-7-9-12-20(14,17-5-2)18-6-3/h1H,5-13H2,2-3H3. The topological polar surface area (TPSA) is 78.9 Å². The van der Waals surface area contributed by atoms with Crippen LogP contribution in [0.2, 0.25) is 0 Å². The maximum Gasteiger partial charge on any atom is 0.330 e. The van der Waals surface area contributed by atoms with Crippen molar-refractivity contribution in [3.8, 4) is 12.3 Å². The zero-order valence-corrected chi connectivity index (χ0v) is 14.5. The summed E-state index contributed by atoms with van der Waals surface area (Å²) in [4.78, 5) is 0. The number of terminal acetylenes is 1. The average Bonchev–Trinajstić information content (AvgIpc) is 2.41. The van der Waals surface area contributed by atoms with Crippen molar-refractivity contribution in [2.45, 2.75) is 39.5 Å². The summed E-state index contributed by atoms with van der Waals surface area (Å²) >= 11 is 0. The molecule has 0 amide bonds. The molecule has 0 fully saturated rings. The molecule has 0 aromatic heterocycles. The minimum absolute atomic E-state index is 0.0523. The van der Waals surface area contributed by atoms with Crippen LogP contribution < -0.4 is 0 Å². The Hall–Kier alpha value is -0.380. The van der Waals surface area contributed by atoms with E-state index in [0.29, 0.717) is 38.6 Å². The Morgan fingerprint density at radius 3 is 2.14 bits per heavy atom. The van der Waals surface area contributed by atoms with Crippen LogP contribution in [-0.4, -0.2) is 40.2 Å². The third-order valence-electron chi connectivity index (χ3n) is 2.55. The van der Waals surface area contributed by atoms with Gasteiger partial charge in [0.2, 0.25) is 0 Å². The normalized spacial score (nSPS) is 12.2. The van der Waals surface area contributed by atoms with Crippen LogP contribution in [0.1, 0.15) is 39.5 Å². The molecule has 0 rings (SSSR count). The van der Waals surface area contributed by atoms with Gasteiger partial charge >= 0.3 is 7.60 Å². The second-order valence-electron chi connectivity index (χ2n) is 4.31. The van der Waals surface area contributed by atoms with Crippen LogP contribution >= 0.6 is 7.60 Å². The molecule has 0 atom stereocenters. The minimum Gasteiger partial charge on any atom is -0.309 e. The summed E-state index contributed by atoms with van der Waals surface area (Å²) in [5.41, 5.74) is 0. The Morgan fingerprint density at radius 2 is 1.62 bits per heavy atom. The molecule has 0 spiro atoms. The molecular weight excluding hydrogens is 315 g/mol. The van der Waals surface area contributed by atoms with Gasteiger partial charge in [-0.3, -0.25) is 8.75 Å². The molecule has 6 nitrogen and oxygen atoms in total. The Labute approximate surface area is 128 Å². The highest BCUT2D eigenvalue weighted by Crippen LogP contribution is 2.48. The number of rotatable bonds is 13. The summed E-state index contributed by atoms with van der Waals surface area (Å²) in [6.07, 6.45) is 7.91. The number of hydrogen-bond donors (Lipinski definition) is 0. The SMILES string of the molecule is C#CCOS(=O)(=O)CCCCCCP(=O)(OCC)OCC. The van der Waals surface area contributed by atoms with Gasteiger partial charge in [0.1, 0.15) is 6.61 Å². The zero-order chi connectivity index (χ0) is 16.2. The molecule has 8 heteroatoms. The molecule has 0 aliphatic rings. The fourth-order valence-corrected chi connectivity index (χ4v) is 4.33. The predicted octanol–water partition coefficient (Wildman–Crippen LogP) is 2.79. The maximum atomic E-state index is 12.1. The Kier molecular flexibility index (Phi) is 11.0. The molecule has 0 aliphatic heterocycles. The van der Waals surface area contributed by atoms with Crippen molar-refractivity contribution in [1.29, 1.82) is 0 Å². The largest absolute Gasteiger partial charge is 0.330 e. The molecule has 0 saturated heterocycles. The Bertz CT molecular complexity index is 444. The zero-order valence-electron chi connectivity index (χ0n) is 12.7. The summed E-state index contributed by atoms with van der Waals surface area (Å²) in [6, 6.07) is 0. The quantitative estimate of drug-likeness (QED) is 0.222. The molecule has 0 aromatic carbocycles. The summed E-state index contributed by atoms with van der Waals surface area (Å²) in [7, 11) is -6.50. The highest BCUT2D eigenvalue weighted by molar-refractivity contribution is 7.86. The van der Waals surface area contributed by atoms with Gasteiger partial charge in [0, 0.05) is 0 Å². The van der Waals surface area contributed by atoms with Crippen molar-refractivity contribution in [3.63, 3.8) is 0 Å². The summed E-state index contributed by atoms with van der Waals surface area (Å²) in [5, 5.41) is 0. The van der Waals surface area contributed by atoms with Gasteiger partial charge in [0.25, 0.3) is 10.1 Å². The molecule has 21 heavy (non-hydrogen) atoms. The molecule has 0 bridgehead atoms. The second-order valence-corrected chi connectivity index (χ2v) is 8.26. The molecular formula is C13H25O6PS. The van der Waals surface area contributed by atoms with Crippen LogP contribution in [0.3, 0.4) is 0 Å². The Balaban J connectivity index is 3.86. The van der Waals surface area contributed by atoms with Gasteiger partial charge in [0.05, 0.1) is 25.1 Å². The van der Waals surface area contributed by atoms with E-state index in [4.69, 9.17) is 15.5 Å². The van der Waals surface area contributed by atoms with Gasteiger partial charge in [-0.2, -0.15) is 8.42 Å². The van der Waals surface area contributed by atoms with E-state index < -0.39 is 17.7 Å². The summed E-state index contributed by atoms with van der Waals surface area (Å²) in [5.74, 6) is 2.06. The van der Waals surface area contributed by atoms with Crippen LogP contribution in [-0.2, 0) is 27.9 Å². The first-order valence-corrected chi connectivity index (χ1v) is 10.4. The van der Waals surface area contributed by atoms with Gasteiger partial charge in [-0.1, -0.05) is 18.8 Å². The van der Waals surface area contributed by atoms with E-state index >= 15 is 0 Å². The lowest BCUT2D eigenvalue weighted by Gasteiger charge is -2.16. The first-order valence-electron chi connectivity index (χ1n) is 7.08. The van der Waals surface area contributed by atoms with Crippen molar-refractivity contribution in [1.82, 2.24) is 0 Å². The summed E-state index contributed by atoms with van der Waals surface area (Å²) < 4.78 is 49.7. The molecule has 0 heterocycles. The van der Waals surface area contributed by atoms with Crippen molar-refractivity contribution < 1.29 is 26.2 Å². The van der Waals surface area contributed by atoms with Gasteiger partial charge in [-0.25, -0.2) is 0 Å². The lowest BCUT2D eigenvalue weighted by Crippen LogP contribution is -2.10. The highest BCUT2D eigenvalue weighted by Gasteiger charge is 2.22. The first-order chi connectivity index (χ1) is 9.89. The van der Waals surface area contributed by atoms with Crippen LogP contribution in [0, 0.1) is 12.3 Å². The van der Waals surface area contributed by atoms with Crippen molar-refractivity contribution in [2.24, 2.45) is 0 Å². The van der Waals surface area contributed by atoms with E-state index in [1.165, 1.54) is 0 Å². The highest BCUT2D eigenvalue weighted by atomic mass is 32.2. The van der Waals surface area contributed by atoms with Crippen molar-refractivity contribution in [2.75, 3.05) is 31.7 Å². The van der Waals surface area contributed by atoms with E-state index in [-0.39, 0.29) is 12.4 Å². The second kappa shape index (κ2) is 11.2. The molecule has 0 aromatic rings. The molecule has 124 valence electrons. The molecule has 0 N–H and O–H groups in total. The van der Waals surface area contributed by atoms with Gasteiger partial charge in [-0.05, 0) is 26.7 Å². The van der Waals surface area contributed by atoms with E-state index in [9.17, 15) is 13.0 Å². The van der Waals surface area contributed by atoms with Crippen LogP contribution in [0.5, 0.6) is 0 Å². The lowest BCUT2D eigenvalue weighted by molar-refractivity contribution is 0.219. The van der Waals surface area contributed by atoms with Gasteiger partial charge < -0.3 is 9.05 Å². The third-order valence-corrected chi connectivity index (χ3v) is 5.98. The van der Waals surface area contributed by atoms with Gasteiger partial charge in [0.15, 0.2) is 0 Å². The molecule has 0 radical (unpaired) electrons. The average molecular weight is 340 g/mol. The van der Waals surface area contributed by atoms with Crippen molar-refractivity contribution >= 4 is 17.7 Å².